The minimum Gasteiger partial charge on any atom is -0.353 e. The number of amides is 1. The van der Waals surface area contributed by atoms with Gasteiger partial charge in [-0.25, -0.2) is 4.98 Å². The molecule has 4 aromatic heterocycles. The summed E-state index contributed by atoms with van der Waals surface area (Å²) in [5.74, 6) is 0.385. The van der Waals surface area contributed by atoms with E-state index in [1.807, 2.05) is 72.8 Å². The van der Waals surface area contributed by atoms with Crippen molar-refractivity contribution in [2.45, 2.75) is 6.42 Å². The summed E-state index contributed by atoms with van der Waals surface area (Å²) < 4.78 is 0. The summed E-state index contributed by atoms with van der Waals surface area (Å²) in [5, 5.41) is 2.90. The normalized spacial score (nSPS) is 10.8. The number of aromatic nitrogens is 4. The monoisotopic (exact) mass is 405 g/mol. The van der Waals surface area contributed by atoms with Crippen molar-refractivity contribution in [3.63, 3.8) is 0 Å². The van der Waals surface area contributed by atoms with Crippen LogP contribution in [0, 0.1) is 0 Å². The third-order valence-corrected chi connectivity index (χ3v) is 5.00. The maximum atomic E-state index is 12.5. The van der Waals surface area contributed by atoms with E-state index in [2.05, 4.69) is 25.3 Å². The molecule has 4 heterocycles. The van der Waals surface area contributed by atoms with Crippen LogP contribution in [0.5, 0.6) is 0 Å². The number of carbonyl (C=O) groups excluding carboxylic acids is 1. The van der Waals surface area contributed by atoms with E-state index in [9.17, 15) is 4.79 Å². The van der Waals surface area contributed by atoms with Crippen molar-refractivity contribution < 1.29 is 4.79 Å². The number of pyridine rings is 3. The fourth-order valence-electron chi connectivity index (χ4n) is 3.62. The molecule has 6 heteroatoms. The number of fused-ring (bicyclic) bond motifs is 1. The van der Waals surface area contributed by atoms with Crippen LogP contribution >= 0.6 is 0 Å². The quantitative estimate of drug-likeness (QED) is 0.437. The topological polar surface area (TPSA) is 83.6 Å². The van der Waals surface area contributed by atoms with Crippen LogP contribution < -0.4 is 5.32 Å². The number of aromatic amines is 1. The summed E-state index contributed by atoms with van der Waals surface area (Å²) in [6.45, 7) is 0. The molecule has 0 unspecified atom stereocenters. The molecule has 0 atom stereocenters. The molecule has 0 aliphatic rings. The van der Waals surface area contributed by atoms with E-state index in [0.717, 1.165) is 39.1 Å². The number of anilines is 1. The van der Waals surface area contributed by atoms with Gasteiger partial charge in [0.1, 0.15) is 5.82 Å². The highest BCUT2D eigenvalue weighted by atomic mass is 16.1. The Morgan fingerprint density at radius 3 is 2.52 bits per heavy atom. The van der Waals surface area contributed by atoms with Crippen molar-refractivity contribution in [3.05, 3.63) is 97.0 Å². The number of H-pyrrole nitrogens is 1. The molecule has 5 aromatic rings. The minimum absolute atomic E-state index is 0.112. The van der Waals surface area contributed by atoms with Gasteiger partial charge in [0.05, 0.1) is 34.4 Å². The molecule has 0 bridgehead atoms. The molecule has 0 spiro atoms. The second-order valence-electron chi connectivity index (χ2n) is 7.13. The lowest BCUT2D eigenvalue weighted by atomic mass is 10.0. The van der Waals surface area contributed by atoms with Crippen LogP contribution in [-0.4, -0.2) is 25.8 Å². The van der Waals surface area contributed by atoms with Crippen LogP contribution in [0.25, 0.3) is 33.5 Å². The molecule has 0 saturated heterocycles. The SMILES string of the molecule is O=C(Cc1ccccc1)Nc1cc(-c2[nH]c3cccnc3c2-c2ccccn2)ccn1. The molecule has 6 nitrogen and oxygen atoms in total. The molecule has 2 N–H and O–H groups in total. The predicted octanol–water partition coefficient (Wildman–Crippen LogP) is 4.87. The van der Waals surface area contributed by atoms with Crippen molar-refractivity contribution >= 4 is 22.8 Å². The second-order valence-corrected chi connectivity index (χ2v) is 7.13. The zero-order chi connectivity index (χ0) is 21.0. The molecular formula is C25H19N5O. The van der Waals surface area contributed by atoms with Gasteiger partial charge in [0.2, 0.25) is 5.91 Å². The van der Waals surface area contributed by atoms with E-state index in [4.69, 9.17) is 0 Å². The van der Waals surface area contributed by atoms with Crippen LogP contribution in [0.1, 0.15) is 5.56 Å². The van der Waals surface area contributed by atoms with Crippen molar-refractivity contribution in [3.8, 4) is 22.5 Å². The van der Waals surface area contributed by atoms with E-state index < -0.39 is 0 Å². The summed E-state index contributed by atoms with van der Waals surface area (Å²) >= 11 is 0. The summed E-state index contributed by atoms with van der Waals surface area (Å²) in [7, 11) is 0. The van der Waals surface area contributed by atoms with Gasteiger partial charge in [0.25, 0.3) is 0 Å². The van der Waals surface area contributed by atoms with Gasteiger partial charge in [0.15, 0.2) is 0 Å². The van der Waals surface area contributed by atoms with Gasteiger partial charge in [-0.2, -0.15) is 0 Å². The van der Waals surface area contributed by atoms with Crippen molar-refractivity contribution in [2.75, 3.05) is 5.32 Å². The largest absolute Gasteiger partial charge is 0.353 e. The van der Waals surface area contributed by atoms with Crippen molar-refractivity contribution in [1.29, 1.82) is 0 Å². The molecule has 1 aromatic carbocycles. The van der Waals surface area contributed by atoms with E-state index in [-0.39, 0.29) is 5.91 Å². The standard InChI is InChI=1S/C25H19N5O/c31-22(15-17-7-2-1-3-8-17)30-21-16-18(11-14-27-21)24-23(19-9-4-5-12-26-19)25-20(29-24)10-6-13-28-25/h1-14,16,29H,15H2,(H,27,30,31). The van der Waals surface area contributed by atoms with Crippen LogP contribution in [0.2, 0.25) is 0 Å². The molecule has 0 aliphatic carbocycles. The molecule has 5 rings (SSSR count). The Morgan fingerprint density at radius 1 is 0.839 bits per heavy atom. The minimum atomic E-state index is -0.112. The van der Waals surface area contributed by atoms with Gasteiger partial charge in [-0.15, -0.1) is 0 Å². The number of hydrogen-bond acceptors (Lipinski definition) is 4. The number of nitrogens with one attached hydrogen (secondary N) is 2. The van der Waals surface area contributed by atoms with E-state index in [1.165, 1.54) is 0 Å². The highest BCUT2D eigenvalue weighted by molar-refractivity contribution is 6.01. The van der Waals surface area contributed by atoms with E-state index >= 15 is 0 Å². The van der Waals surface area contributed by atoms with Crippen LogP contribution in [0.15, 0.2) is 91.4 Å². The van der Waals surface area contributed by atoms with E-state index in [1.54, 1.807) is 18.6 Å². The van der Waals surface area contributed by atoms with Gasteiger partial charge >= 0.3 is 0 Å². The molecular weight excluding hydrogens is 386 g/mol. The fraction of sp³-hybridized carbons (Fsp3) is 0.0400. The summed E-state index contributed by atoms with van der Waals surface area (Å²) in [6.07, 6.45) is 5.52. The third-order valence-electron chi connectivity index (χ3n) is 5.00. The highest BCUT2D eigenvalue weighted by Crippen LogP contribution is 2.36. The summed E-state index contributed by atoms with van der Waals surface area (Å²) in [4.78, 5) is 29.4. The first-order valence-electron chi connectivity index (χ1n) is 9.96. The Hall–Kier alpha value is -4.32. The first kappa shape index (κ1) is 18.7. The zero-order valence-electron chi connectivity index (χ0n) is 16.6. The van der Waals surface area contributed by atoms with Gasteiger partial charge in [-0.3, -0.25) is 14.8 Å². The first-order valence-corrected chi connectivity index (χ1v) is 9.96. The molecule has 31 heavy (non-hydrogen) atoms. The Morgan fingerprint density at radius 2 is 1.68 bits per heavy atom. The van der Waals surface area contributed by atoms with Gasteiger partial charge in [-0.05, 0) is 42.0 Å². The van der Waals surface area contributed by atoms with Gasteiger partial charge < -0.3 is 10.3 Å². The van der Waals surface area contributed by atoms with Crippen LogP contribution in [0.3, 0.4) is 0 Å². The number of nitrogens with zero attached hydrogens (tertiary/aromatic N) is 3. The molecule has 0 saturated carbocycles. The second kappa shape index (κ2) is 8.20. The smallest absolute Gasteiger partial charge is 0.229 e. The van der Waals surface area contributed by atoms with Crippen LogP contribution in [0.4, 0.5) is 5.82 Å². The molecule has 1 amide bonds. The highest BCUT2D eigenvalue weighted by Gasteiger charge is 2.17. The summed E-state index contributed by atoms with van der Waals surface area (Å²) in [5.41, 5.74) is 6.25. The molecule has 0 fully saturated rings. The number of hydrogen-bond donors (Lipinski definition) is 2. The first-order chi connectivity index (χ1) is 15.3. The molecule has 0 radical (unpaired) electrons. The molecule has 150 valence electrons. The Labute approximate surface area is 179 Å². The van der Waals surface area contributed by atoms with E-state index in [0.29, 0.717) is 12.2 Å². The Balaban J connectivity index is 1.51. The molecule has 0 aliphatic heterocycles. The third kappa shape index (κ3) is 3.91. The predicted molar refractivity (Wildman–Crippen MR) is 121 cm³/mol. The number of carbonyl (C=O) groups is 1. The van der Waals surface area contributed by atoms with Crippen molar-refractivity contribution in [1.82, 2.24) is 19.9 Å². The Kier molecular flexibility index (Phi) is 4.94. The fourth-order valence-corrected chi connectivity index (χ4v) is 3.62. The maximum absolute atomic E-state index is 12.5. The zero-order valence-corrected chi connectivity index (χ0v) is 16.6. The van der Waals surface area contributed by atoms with Crippen LogP contribution in [-0.2, 0) is 11.2 Å². The maximum Gasteiger partial charge on any atom is 0.229 e. The average molecular weight is 405 g/mol. The average Bonchev–Trinajstić information content (AvgIpc) is 3.20. The van der Waals surface area contributed by atoms with Gasteiger partial charge in [0, 0.05) is 24.2 Å². The van der Waals surface area contributed by atoms with Crippen molar-refractivity contribution in [2.24, 2.45) is 0 Å². The lowest BCUT2D eigenvalue weighted by molar-refractivity contribution is -0.115. The number of benzene rings is 1. The van der Waals surface area contributed by atoms with Gasteiger partial charge in [-0.1, -0.05) is 36.4 Å². The number of rotatable bonds is 5. The lowest BCUT2D eigenvalue weighted by Gasteiger charge is -2.08. The summed E-state index contributed by atoms with van der Waals surface area (Å²) in [6, 6.07) is 23.1. The Bertz CT molecular complexity index is 1350. The lowest BCUT2D eigenvalue weighted by Crippen LogP contribution is -2.15.